The van der Waals surface area contributed by atoms with Crippen molar-refractivity contribution < 1.29 is 81.3 Å². The van der Waals surface area contributed by atoms with E-state index >= 15 is 0 Å². The van der Waals surface area contributed by atoms with Crippen LogP contribution in [0.15, 0.2) is 85.5 Å². The van der Waals surface area contributed by atoms with E-state index in [-0.39, 0.29) is 83.8 Å². The maximum atomic E-state index is 14.5. The molecule has 472 valence electrons. The van der Waals surface area contributed by atoms with Crippen molar-refractivity contribution in [2.75, 3.05) is 55.6 Å². The minimum Gasteiger partial charge on any atom is -0.493 e. The first-order chi connectivity index (χ1) is 42.2. The number of hydrogen-bond donors (Lipinski definition) is 4. The number of alkyl carbamates (subject to hydrolysis) is 1. The maximum absolute atomic E-state index is 14.5. The molecule has 4 aromatic carbocycles. The number of benzene rings is 4. The zero-order valence-electron chi connectivity index (χ0n) is 51.0. The van der Waals surface area contributed by atoms with Crippen LogP contribution in [0.1, 0.15) is 124 Å². The van der Waals surface area contributed by atoms with Gasteiger partial charge in [-0.3, -0.25) is 19.2 Å². The molecule has 5 aliphatic rings. The zero-order chi connectivity index (χ0) is 63.0. The fourth-order valence-electron chi connectivity index (χ4n) is 11.3. The topological polar surface area (TPSA) is 272 Å². The third-order valence-electron chi connectivity index (χ3n) is 15.7. The fourth-order valence-corrected chi connectivity index (χ4v) is 11.3. The molecule has 5 heterocycles. The first-order valence-electron chi connectivity index (χ1n) is 29.7. The molecule has 3 saturated heterocycles. The molecule has 0 saturated carbocycles. The highest BCUT2D eigenvalue weighted by atomic mass is 16.7. The monoisotopic (exact) mass is 1220 g/mol. The molecule has 24 nitrogen and oxygen atoms in total. The highest BCUT2D eigenvalue weighted by molar-refractivity contribution is 6.07. The van der Waals surface area contributed by atoms with Crippen LogP contribution in [-0.2, 0) is 53.1 Å². The molecule has 0 bridgehead atoms. The van der Waals surface area contributed by atoms with Crippen LogP contribution in [0.3, 0.4) is 0 Å². The third kappa shape index (κ3) is 14.7. The van der Waals surface area contributed by atoms with Gasteiger partial charge in [0.2, 0.25) is 11.8 Å². The number of methoxy groups -OCH3 is 2. The quantitative estimate of drug-likeness (QED) is 0.0476. The van der Waals surface area contributed by atoms with Gasteiger partial charge in [-0.25, -0.2) is 24.2 Å². The van der Waals surface area contributed by atoms with E-state index in [1.54, 1.807) is 80.8 Å². The lowest BCUT2D eigenvalue weighted by atomic mass is 10.0. The van der Waals surface area contributed by atoms with E-state index in [0.717, 1.165) is 29.7 Å². The van der Waals surface area contributed by atoms with E-state index in [9.17, 15) is 38.7 Å². The number of nitrogens with one attached hydrogen (secondary N) is 3. The molecule has 3 fully saturated rings. The second kappa shape index (κ2) is 28.0. The molecule has 1 unspecified atom stereocenters. The molecule has 0 aliphatic carbocycles. The van der Waals surface area contributed by atoms with Crippen LogP contribution in [0.4, 0.5) is 31.4 Å². The Kier molecular flexibility index (Phi) is 20.4. The summed E-state index contributed by atoms with van der Waals surface area (Å²) in [5, 5.41) is 19.9. The molecule has 4 aromatic rings. The average Bonchev–Trinajstić information content (AvgIpc) is 2.94. The van der Waals surface area contributed by atoms with Gasteiger partial charge in [0, 0.05) is 37.5 Å². The Labute approximate surface area is 511 Å². The number of carbonyl (C=O) groups is 7. The Hall–Kier alpha value is -8.61. The van der Waals surface area contributed by atoms with Crippen molar-refractivity contribution in [3.8, 4) is 23.0 Å². The highest BCUT2D eigenvalue weighted by Crippen LogP contribution is 2.45. The van der Waals surface area contributed by atoms with Crippen molar-refractivity contribution in [1.82, 2.24) is 20.4 Å². The van der Waals surface area contributed by atoms with Crippen LogP contribution in [-0.4, -0.2) is 146 Å². The van der Waals surface area contributed by atoms with E-state index in [2.05, 4.69) is 22.5 Å². The summed E-state index contributed by atoms with van der Waals surface area (Å²) in [6.45, 7) is 14.9. The van der Waals surface area contributed by atoms with Crippen LogP contribution >= 0.6 is 0 Å². The molecule has 24 heteroatoms. The number of ether oxygens (including phenoxy) is 9. The Morgan fingerprint density at radius 2 is 1.30 bits per heavy atom. The average molecular weight is 1220 g/mol. The van der Waals surface area contributed by atoms with Crippen molar-refractivity contribution in [3.63, 3.8) is 0 Å². The number of hydrogen-bond acceptors (Lipinski definition) is 17. The number of fused-ring (bicyclic) bond motifs is 4. The lowest BCUT2D eigenvalue weighted by Gasteiger charge is -2.39. The van der Waals surface area contributed by atoms with Crippen LogP contribution in [0, 0.1) is 5.92 Å². The van der Waals surface area contributed by atoms with Gasteiger partial charge in [-0.1, -0.05) is 56.8 Å². The van der Waals surface area contributed by atoms with E-state index in [0.29, 0.717) is 62.2 Å². The Bertz CT molecular complexity index is 3240. The van der Waals surface area contributed by atoms with Gasteiger partial charge in [0.05, 0.1) is 48.8 Å². The highest BCUT2D eigenvalue weighted by Gasteiger charge is 2.49. The zero-order valence-corrected chi connectivity index (χ0v) is 51.0. The summed E-state index contributed by atoms with van der Waals surface area (Å²) in [4.78, 5) is 102. The second-order valence-corrected chi connectivity index (χ2v) is 23.5. The van der Waals surface area contributed by atoms with Crippen LogP contribution in [0.5, 0.6) is 23.0 Å². The van der Waals surface area contributed by atoms with Crippen molar-refractivity contribution in [2.45, 2.75) is 155 Å². The number of carbonyl (C=O) groups excluding carboxylic acids is 7. The van der Waals surface area contributed by atoms with Gasteiger partial charge in [-0.15, -0.1) is 0 Å². The first kappa shape index (κ1) is 63.9. The molecule has 0 aromatic heterocycles. The summed E-state index contributed by atoms with van der Waals surface area (Å²) < 4.78 is 54.0. The van der Waals surface area contributed by atoms with E-state index in [1.165, 1.54) is 44.3 Å². The molecular weight excluding hydrogens is 1140 g/mol. The molecule has 0 radical (unpaired) electrons. The lowest BCUT2D eigenvalue weighted by molar-refractivity contribution is -0.195. The van der Waals surface area contributed by atoms with Gasteiger partial charge in [0.15, 0.2) is 41.7 Å². The molecule has 4 N–H and O–H groups in total. The first-order valence-corrected chi connectivity index (χ1v) is 29.7. The fraction of sp³-hybridized carbons (Fsp3) is 0.484. The summed E-state index contributed by atoms with van der Waals surface area (Å²) >= 11 is 0. The molecule has 88 heavy (non-hydrogen) atoms. The lowest BCUT2D eigenvalue weighted by Crippen LogP contribution is -2.54. The largest absolute Gasteiger partial charge is 0.493 e. The molecule has 7 atom stereocenters. The summed E-state index contributed by atoms with van der Waals surface area (Å²) in [7, 11) is 2.90. The molecular formula is C64H79N7O17. The smallest absolute Gasteiger partial charge is 0.417 e. The van der Waals surface area contributed by atoms with Gasteiger partial charge in [-0.2, -0.15) is 0 Å². The number of aliphatic hydroxyl groups excluding tert-OH is 1. The predicted octanol–water partition coefficient (Wildman–Crippen LogP) is 8.55. The van der Waals surface area contributed by atoms with Gasteiger partial charge < -0.3 is 73.5 Å². The van der Waals surface area contributed by atoms with Crippen LogP contribution < -0.4 is 44.7 Å². The molecule has 0 spiro atoms. The van der Waals surface area contributed by atoms with Crippen molar-refractivity contribution in [3.05, 3.63) is 113 Å². The Morgan fingerprint density at radius 1 is 0.693 bits per heavy atom. The van der Waals surface area contributed by atoms with Crippen LogP contribution in [0.25, 0.3) is 0 Å². The minimum atomic E-state index is -1.50. The van der Waals surface area contributed by atoms with Gasteiger partial charge in [-0.05, 0) is 126 Å². The number of amides is 7. The second-order valence-electron chi connectivity index (χ2n) is 23.5. The van der Waals surface area contributed by atoms with E-state index in [4.69, 9.17) is 42.6 Å². The van der Waals surface area contributed by atoms with Gasteiger partial charge in [0.1, 0.15) is 44.1 Å². The maximum Gasteiger partial charge on any atom is 0.417 e. The molecule has 7 amide bonds. The Morgan fingerprint density at radius 3 is 1.86 bits per heavy atom. The normalized spacial score (nSPS) is 20.4. The summed E-state index contributed by atoms with van der Waals surface area (Å²) in [5.41, 5.74) is 2.05. The van der Waals surface area contributed by atoms with Crippen molar-refractivity contribution in [1.29, 1.82) is 0 Å². The predicted molar refractivity (Wildman–Crippen MR) is 321 cm³/mol. The Balaban J connectivity index is 0.892. The number of rotatable bonds is 20. The SMILES string of the molecule is C=CCOC(=O)N[C@H](C(=O)N[C@@H](C)C(=O)Nc1ccc(COC(=O)N2c3cc(OCc4cccc(COc5cc6c(cc5OC)C(=O)N5CCC[C@H]5[C@H](OC5CCCCO5)N6C(=O)OC(C)(C)C)c4)c(OC)cc3C(=O)N3CCC[C@H]3[C@@H]2O)cc1)C(C)C. The number of nitrogens with zero attached hydrogens (tertiary/aromatic N) is 4. The van der Waals surface area contributed by atoms with Gasteiger partial charge >= 0.3 is 18.3 Å². The summed E-state index contributed by atoms with van der Waals surface area (Å²) in [6, 6.07) is 16.8. The van der Waals surface area contributed by atoms with E-state index < -0.39 is 84.5 Å². The third-order valence-corrected chi connectivity index (χ3v) is 15.7. The van der Waals surface area contributed by atoms with E-state index in [1.807, 2.05) is 24.3 Å². The van der Waals surface area contributed by atoms with Crippen molar-refractivity contribution in [2.24, 2.45) is 5.92 Å². The minimum absolute atomic E-state index is 0.0170. The van der Waals surface area contributed by atoms with Crippen LogP contribution in [0.2, 0.25) is 0 Å². The number of aliphatic hydroxyl groups is 1. The van der Waals surface area contributed by atoms with Gasteiger partial charge in [0.25, 0.3) is 11.8 Å². The standard InChI is InChI=1S/C64H79N7O17/c1-10-27-83-61(77)67-54(37(2)3)56(73)65-38(4)55(72)66-42-23-21-39(22-24-42)34-86-62(78)70-47-32-51(49(80-8)30-43(47)57(74)68-25-14-18-45(68)59(70)76)84-35-40-16-13-17-41(29-40)36-85-52-33-48-44(31-50(52)81-9)58(75)69-26-15-19-46(69)60(87-53-20-11-12-28-82-53)71(48)63(79)88-64(5,6)7/h10,13,16-17,21-24,29-33,37-38,45-46,53-54,59-60,76H,1,11-12,14-15,18-20,25-28,34-36H2,2-9H3,(H,65,73)(H,66,72)(H,67,77)/t38-,45-,46-,53?,54-,59-,60-/m0/s1. The summed E-state index contributed by atoms with van der Waals surface area (Å²) in [6.07, 6.45) is 0.712. The summed E-state index contributed by atoms with van der Waals surface area (Å²) in [5.74, 6) is -1.24. The number of anilines is 3. The van der Waals surface area contributed by atoms with Crippen molar-refractivity contribution >= 4 is 59.0 Å². The molecule has 9 rings (SSSR count). The molecule has 5 aliphatic heterocycles.